The highest BCUT2D eigenvalue weighted by molar-refractivity contribution is 5.16. The maximum absolute atomic E-state index is 5.79. The van der Waals surface area contributed by atoms with E-state index in [0.29, 0.717) is 0 Å². The van der Waals surface area contributed by atoms with E-state index in [1.54, 1.807) is 0 Å². The number of fused-ring (bicyclic) bond motifs is 1. The summed E-state index contributed by atoms with van der Waals surface area (Å²) >= 11 is 0. The molecule has 0 spiro atoms. The largest absolute Gasteiger partial charge is 0.477 e. The van der Waals surface area contributed by atoms with Gasteiger partial charge in [-0.3, -0.25) is 4.68 Å². The van der Waals surface area contributed by atoms with Crippen molar-refractivity contribution in [1.82, 2.24) is 14.7 Å². The molecule has 0 N–H and O–H groups in total. The van der Waals surface area contributed by atoms with E-state index in [9.17, 15) is 0 Å². The zero-order chi connectivity index (χ0) is 12.9. The van der Waals surface area contributed by atoms with E-state index in [1.165, 1.54) is 57.4 Å². The van der Waals surface area contributed by atoms with Crippen molar-refractivity contribution in [3.63, 3.8) is 0 Å². The van der Waals surface area contributed by atoms with Gasteiger partial charge in [-0.2, -0.15) is 0 Å². The minimum Gasteiger partial charge on any atom is -0.477 e. The number of aryl methyl sites for hydroxylation is 2. The summed E-state index contributed by atoms with van der Waals surface area (Å²) in [5.74, 6) is 0.829. The van der Waals surface area contributed by atoms with Gasteiger partial charge in [-0.05, 0) is 51.6 Å². The monoisotopic (exact) mass is 263 g/mol. The molecule has 1 saturated heterocycles. The van der Waals surface area contributed by atoms with Gasteiger partial charge in [0, 0.05) is 24.8 Å². The van der Waals surface area contributed by atoms with Crippen LogP contribution in [0.25, 0.3) is 0 Å². The van der Waals surface area contributed by atoms with Gasteiger partial charge in [0.15, 0.2) is 0 Å². The smallest absolute Gasteiger partial charge is 0.233 e. The number of ether oxygens (including phenoxy) is 1. The van der Waals surface area contributed by atoms with Crippen LogP contribution in [0.1, 0.15) is 44.2 Å². The van der Waals surface area contributed by atoms with Gasteiger partial charge in [-0.15, -0.1) is 5.10 Å². The number of hydrogen-bond acceptors (Lipinski definition) is 3. The normalized spacial score (nSPS) is 20.2. The summed E-state index contributed by atoms with van der Waals surface area (Å²) in [6, 6.07) is 2.13. The van der Waals surface area contributed by atoms with E-state index >= 15 is 0 Å². The highest BCUT2D eigenvalue weighted by Gasteiger charge is 2.13. The molecule has 4 nitrogen and oxygen atoms in total. The molecule has 19 heavy (non-hydrogen) atoms. The molecule has 0 unspecified atom stereocenters. The standard InChI is InChI=1S/C15H25N3O/c1-3-8-17(9-4-1)10-6-12-19-15-13-14-7-2-5-11-18(14)16-15/h13H,1-12H2. The maximum Gasteiger partial charge on any atom is 0.233 e. The van der Waals surface area contributed by atoms with Crippen LogP contribution in [0.2, 0.25) is 0 Å². The first kappa shape index (κ1) is 13.0. The molecule has 2 aliphatic rings. The molecular formula is C15H25N3O. The summed E-state index contributed by atoms with van der Waals surface area (Å²) in [6.07, 6.45) is 8.96. The van der Waals surface area contributed by atoms with Crippen molar-refractivity contribution in [3.8, 4) is 5.88 Å². The van der Waals surface area contributed by atoms with Crippen LogP contribution < -0.4 is 4.74 Å². The van der Waals surface area contributed by atoms with Crippen molar-refractivity contribution in [1.29, 1.82) is 0 Å². The number of likely N-dealkylation sites (tertiary alicyclic amines) is 1. The van der Waals surface area contributed by atoms with Crippen LogP contribution in [0.15, 0.2) is 6.07 Å². The van der Waals surface area contributed by atoms with Crippen LogP contribution in [-0.2, 0) is 13.0 Å². The zero-order valence-corrected chi connectivity index (χ0v) is 11.8. The molecule has 1 fully saturated rings. The Morgan fingerprint density at radius 2 is 1.89 bits per heavy atom. The molecule has 3 heterocycles. The van der Waals surface area contributed by atoms with Crippen LogP contribution in [0.4, 0.5) is 0 Å². The third kappa shape index (κ3) is 3.50. The molecule has 1 aromatic heterocycles. The third-order valence-electron chi connectivity index (χ3n) is 4.21. The molecule has 0 radical (unpaired) electrons. The van der Waals surface area contributed by atoms with E-state index in [0.717, 1.165) is 31.9 Å². The minimum absolute atomic E-state index is 0.799. The molecule has 0 amide bonds. The molecule has 0 atom stereocenters. The van der Waals surface area contributed by atoms with Crippen LogP contribution in [0.3, 0.4) is 0 Å². The van der Waals surface area contributed by atoms with Gasteiger partial charge in [0.05, 0.1) is 6.61 Å². The fourth-order valence-corrected chi connectivity index (χ4v) is 3.11. The molecule has 2 aliphatic heterocycles. The molecular weight excluding hydrogens is 238 g/mol. The topological polar surface area (TPSA) is 30.3 Å². The maximum atomic E-state index is 5.79. The highest BCUT2D eigenvalue weighted by Crippen LogP contribution is 2.19. The van der Waals surface area contributed by atoms with Crippen molar-refractivity contribution >= 4 is 0 Å². The van der Waals surface area contributed by atoms with Gasteiger partial charge in [0.1, 0.15) is 0 Å². The SMILES string of the molecule is c1c(OCCCN2CCCCC2)nn2c1CCCC2. The van der Waals surface area contributed by atoms with Crippen molar-refractivity contribution < 1.29 is 4.74 Å². The Labute approximate surface area is 115 Å². The van der Waals surface area contributed by atoms with Gasteiger partial charge in [0.2, 0.25) is 5.88 Å². The number of rotatable bonds is 5. The molecule has 106 valence electrons. The van der Waals surface area contributed by atoms with Crippen molar-refractivity contribution in [2.75, 3.05) is 26.2 Å². The van der Waals surface area contributed by atoms with Gasteiger partial charge >= 0.3 is 0 Å². The van der Waals surface area contributed by atoms with E-state index in [-0.39, 0.29) is 0 Å². The summed E-state index contributed by atoms with van der Waals surface area (Å²) in [5.41, 5.74) is 1.34. The number of nitrogens with zero attached hydrogens (tertiary/aromatic N) is 3. The Balaban J connectivity index is 1.38. The lowest BCUT2D eigenvalue weighted by Gasteiger charge is -2.26. The summed E-state index contributed by atoms with van der Waals surface area (Å²) in [4.78, 5) is 2.56. The van der Waals surface area contributed by atoms with Crippen molar-refractivity contribution in [2.24, 2.45) is 0 Å². The molecule has 3 rings (SSSR count). The predicted octanol–water partition coefficient (Wildman–Crippen LogP) is 2.47. The lowest BCUT2D eigenvalue weighted by Crippen LogP contribution is -2.31. The lowest BCUT2D eigenvalue weighted by molar-refractivity contribution is 0.202. The molecule has 0 aliphatic carbocycles. The first-order valence-corrected chi connectivity index (χ1v) is 7.84. The Morgan fingerprint density at radius 3 is 2.74 bits per heavy atom. The van der Waals surface area contributed by atoms with Gasteiger partial charge in [-0.25, -0.2) is 0 Å². The highest BCUT2D eigenvalue weighted by atomic mass is 16.5. The van der Waals surface area contributed by atoms with Crippen LogP contribution >= 0.6 is 0 Å². The molecule has 0 bridgehead atoms. The van der Waals surface area contributed by atoms with E-state index in [2.05, 4.69) is 20.7 Å². The summed E-state index contributed by atoms with van der Waals surface area (Å²) in [5, 5.41) is 4.52. The van der Waals surface area contributed by atoms with Gasteiger partial charge in [0.25, 0.3) is 0 Å². The fourth-order valence-electron chi connectivity index (χ4n) is 3.11. The lowest BCUT2D eigenvalue weighted by atomic mass is 10.1. The zero-order valence-electron chi connectivity index (χ0n) is 11.8. The predicted molar refractivity (Wildman–Crippen MR) is 75.6 cm³/mol. The summed E-state index contributed by atoms with van der Waals surface area (Å²) in [6.45, 7) is 5.59. The average Bonchev–Trinajstić information content (AvgIpc) is 2.87. The number of piperidine rings is 1. The Bertz CT molecular complexity index is 373. The van der Waals surface area contributed by atoms with Crippen molar-refractivity contribution in [2.45, 2.75) is 51.5 Å². The molecule has 4 heteroatoms. The number of hydrogen-bond donors (Lipinski definition) is 0. The second-order valence-electron chi connectivity index (χ2n) is 5.76. The quantitative estimate of drug-likeness (QED) is 0.765. The summed E-state index contributed by atoms with van der Waals surface area (Å²) < 4.78 is 7.91. The van der Waals surface area contributed by atoms with E-state index in [4.69, 9.17) is 4.74 Å². The third-order valence-corrected chi connectivity index (χ3v) is 4.21. The van der Waals surface area contributed by atoms with E-state index in [1.807, 2.05) is 0 Å². The van der Waals surface area contributed by atoms with Crippen LogP contribution in [-0.4, -0.2) is 40.9 Å². The first-order valence-electron chi connectivity index (χ1n) is 7.84. The number of aromatic nitrogens is 2. The fraction of sp³-hybridized carbons (Fsp3) is 0.800. The van der Waals surface area contributed by atoms with E-state index < -0.39 is 0 Å². The van der Waals surface area contributed by atoms with Crippen molar-refractivity contribution in [3.05, 3.63) is 11.8 Å². The molecule has 0 aromatic carbocycles. The minimum atomic E-state index is 0.799. The Hall–Kier alpha value is -1.03. The average molecular weight is 263 g/mol. The second kappa shape index (κ2) is 6.42. The summed E-state index contributed by atoms with van der Waals surface area (Å²) in [7, 11) is 0. The van der Waals surface area contributed by atoms with Crippen LogP contribution in [0, 0.1) is 0 Å². The molecule has 1 aromatic rings. The molecule has 0 saturated carbocycles. The van der Waals surface area contributed by atoms with Crippen LogP contribution in [0.5, 0.6) is 5.88 Å². The Morgan fingerprint density at radius 1 is 1.05 bits per heavy atom. The van der Waals surface area contributed by atoms with Gasteiger partial charge in [-0.1, -0.05) is 6.42 Å². The van der Waals surface area contributed by atoms with Gasteiger partial charge < -0.3 is 9.64 Å². The second-order valence-corrected chi connectivity index (χ2v) is 5.76. The Kier molecular flexibility index (Phi) is 4.38. The first-order chi connectivity index (χ1) is 9.42.